The number of hydrogen-bond donors (Lipinski definition) is 0. The van der Waals surface area contributed by atoms with Crippen molar-refractivity contribution in [1.29, 1.82) is 0 Å². The van der Waals surface area contributed by atoms with Gasteiger partial charge in [-0.2, -0.15) is 0 Å². The highest BCUT2D eigenvalue weighted by atomic mass is 32.1. The van der Waals surface area contributed by atoms with E-state index in [0.29, 0.717) is 5.57 Å². The Bertz CT molecular complexity index is 453. The fraction of sp³-hybridized carbons (Fsp3) is 0.154. The Balaban J connectivity index is 2.47. The first kappa shape index (κ1) is 10.0. The molecule has 1 aromatic carbocycles. The van der Waals surface area contributed by atoms with E-state index in [4.69, 9.17) is 12.2 Å². The van der Waals surface area contributed by atoms with E-state index in [0.717, 1.165) is 16.8 Å². The maximum absolute atomic E-state index is 10.8. The van der Waals surface area contributed by atoms with Crippen LogP contribution in [-0.4, -0.2) is 10.8 Å². The first-order valence-corrected chi connectivity index (χ1v) is 5.23. The van der Waals surface area contributed by atoms with Gasteiger partial charge in [-0.1, -0.05) is 54.7 Å². The fourth-order valence-electron chi connectivity index (χ4n) is 1.79. The summed E-state index contributed by atoms with van der Waals surface area (Å²) in [6.07, 6.45) is 4.50. The predicted octanol–water partition coefficient (Wildman–Crippen LogP) is 2.86. The van der Waals surface area contributed by atoms with E-state index in [-0.39, 0.29) is 5.92 Å². The number of thiocarbonyl (C=S) groups is 1. The van der Waals surface area contributed by atoms with Gasteiger partial charge in [-0.25, -0.2) is 4.79 Å². The second-order valence-corrected chi connectivity index (χ2v) is 4.00. The van der Waals surface area contributed by atoms with Crippen LogP contribution in [0.25, 0.3) is 0 Å². The molecule has 1 unspecified atom stereocenters. The van der Waals surface area contributed by atoms with Crippen molar-refractivity contribution in [1.82, 2.24) is 0 Å². The van der Waals surface area contributed by atoms with Gasteiger partial charge in [0.1, 0.15) is 5.94 Å². The molecule has 1 atom stereocenters. The third-order valence-electron chi connectivity index (χ3n) is 2.50. The molecule has 0 heterocycles. The molecule has 15 heavy (non-hydrogen) atoms. The van der Waals surface area contributed by atoms with E-state index in [1.54, 1.807) is 0 Å². The molecule has 1 aromatic rings. The normalized spacial score (nSPS) is 20.1. The zero-order valence-electron chi connectivity index (χ0n) is 8.14. The third-order valence-corrected chi connectivity index (χ3v) is 2.90. The van der Waals surface area contributed by atoms with Crippen molar-refractivity contribution in [3.05, 3.63) is 53.6 Å². The molecular weight excluding hydrogens is 204 g/mol. The van der Waals surface area contributed by atoms with Crippen molar-refractivity contribution in [2.24, 2.45) is 0 Å². The summed E-state index contributed by atoms with van der Waals surface area (Å²) in [5.74, 6) is 1.92. The standard InChI is InChI=1S/C13H10OS/c14-9-11-7-4-8-12(15)13(11)10-5-2-1-3-6-10/h1-7,13H,8H2. The van der Waals surface area contributed by atoms with Crippen molar-refractivity contribution in [2.75, 3.05) is 0 Å². The Morgan fingerprint density at radius 3 is 2.67 bits per heavy atom. The Morgan fingerprint density at radius 2 is 2.00 bits per heavy atom. The molecule has 0 aliphatic heterocycles. The molecule has 74 valence electrons. The summed E-state index contributed by atoms with van der Waals surface area (Å²) in [7, 11) is 0. The van der Waals surface area contributed by atoms with Crippen LogP contribution in [0.3, 0.4) is 0 Å². The summed E-state index contributed by atoms with van der Waals surface area (Å²) in [5.41, 5.74) is 1.71. The van der Waals surface area contributed by atoms with Gasteiger partial charge in [0, 0.05) is 10.4 Å². The van der Waals surface area contributed by atoms with Crippen LogP contribution in [-0.2, 0) is 4.79 Å². The molecule has 1 aliphatic carbocycles. The summed E-state index contributed by atoms with van der Waals surface area (Å²) in [4.78, 5) is 11.7. The Labute approximate surface area is 94.1 Å². The van der Waals surface area contributed by atoms with Crippen molar-refractivity contribution in [2.45, 2.75) is 12.3 Å². The molecule has 0 fully saturated rings. The van der Waals surface area contributed by atoms with Crippen molar-refractivity contribution < 1.29 is 4.79 Å². The van der Waals surface area contributed by atoms with Crippen molar-refractivity contribution in [3.63, 3.8) is 0 Å². The highest BCUT2D eigenvalue weighted by molar-refractivity contribution is 7.80. The van der Waals surface area contributed by atoms with Crippen molar-refractivity contribution in [3.8, 4) is 0 Å². The van der Waals surface area contributed by atoms with Gasteiger partial charge in [0.05, 0.1) is 5.92 Å². The van der Waals surface area contributed by atoms with Crippen LogP contribution in [0, 0.1) is 0 Å². The minimum Gasteiger partial charge on any atom is -0.233 e. The molecule has 1 aliphatic rings. The van der Waals surface area contributed by atoms with Crippen LogP contribution in [0.5, 0.6) is 0 Å². The molecule has 0 spiro atoms. The van der Waals surface area contributed by atoms with E-state index in [1.807, 2.05) is 48.4 Å². The average molecular weight is 214 g/mol. The van der Waals surface area contributed by atoms with E-state index in [9.17, 15) is 4.79 Å². The maximum Gasteiger partial charge on any atom is 0.128 e. The van der Waals surface area contributed by atoms with Crippen LogP contribution in [0.2, 0.25) is 0 Å². The highest BCUT2D eigenvalue weighted by Crippen LogP contribution is 2.30. The van der Waals surface area contributed by atoms with E-state index >= 15 is 0 Å². The van der Waals surface area contributed by atoms with Crippen LogP contribution in [0.4, 0.5) is 0 Å². The fourth-order valence-corrected chi connectivity index (χ4v) is 2.15. The van der Waals surface area contributed by atoms with Gasteiger partial charge in [-0.3, -0.25) is 0 Å². The third kappa shape index (κ3) is 1.96. The lowest BCUT2D eigenvalue weighted by atomic mass is 9.84. The Hall–Kier alpha value is -1.50. The van der Waals surface area contributed by atoms with Crippen LogP contribution < -0.4 is 0 Å². The number of carbonyl (C=O) groups excluding carboxylic acids is 1. The molecule has 0 saturated carbocycles. The van der Waals surface area contributed by atoms with Gasteiger partial charge in [-0.15, -0.1) is 0 Å². The molecule has 1 nitrogen and oxygen atoms in total. The summed E-state index contributed by atoms with van der Waals surface area (Å²) in [6.45, 7) is 0. The molecule has 2 rings (SSSR count). The average Bonchev–Trinajstić information content (AvgIpc) is 2.29. The molecule has 2 heteroatoms. The first-order chi connectivity index (χ1) is 7.33. The zero-order chi connectivity index (χ0) is 10.7. The molecule has 0 saturated heterocycles. The molecule has 0 aromatic heterocycles. The number of benzene rings is 1. The topological polar surface area (TPSA) is 17.1 Å². The molecule has 0 radical (unpaired) electrons. The largest absolute Gasteiger partial charge is 0.233 e. The van der Waals surface area contributed by atoms with Gasteiger partial charge < -0.3 is 0 Å². The summed E-state index contributed by atoms with van der Waals surface area (Å²) >= 11 is 5.30. The minimum absolute atomic E-state index is 0.0521. The Kier molecular flexibility index (Phi) is 2.91. The lowest BCUT2D eigenvalue weighted by molar-refractivity contribution is 0.566. The lowest BCUT2D eigenvalue weighted by Gasteiger charge is -2.20. The van der Waals surface area contributed by atoms with Crippen LogP contribution in [0.1, 0.15) is 17.9 Å². The second kappa shape index (κ2) is 4.35. The van der Waals surface area contributed by atoms with Crippen molar-refractivity contribution >= 4 is 23.0 Å². The number of rotatable bonds is 1. The summed E-state index contributed by atoms with van der Waals surface area (Å²) in [5, 5.41) is 0. The van der Waals surface area contributed by atoms with Crippen LogP contribution in [0.15, 0.2) is 48.1 Å². The molecule has 0 N–H and O–H groups in total. The zero-order valence-corrected chi connectivity index (χ0v) is 8.96. The molecule has 0 bridgehead atoms. The van der Waals surface area contributed by atoms with E-state index < -0.39 is 0 Å². The first-order valence-electron chi connectivity index (χ1n) is 4.82. The van der Waals surface area contributed by atoms with Crippen LogP contribution >= 0.6 is 12.2 Å². The highest BCUT2D eigenvalue weighted by Gasteiger charge is 2.22. The van der Waals surface area contributed by atoms with E-state index in [1.165, 1.54) is 0 Å². The number of hydrogen-bond acceptors (Lipinski definition) is 2. The smallest absolute Gasteiger partial charge is 0.128 e. The minimum atomic E-state index is -0.0521. The maximum atomic E-state index is 10.8. The quantitative estimate of drug-likeness (QED) is 0.528. The predicted molar refractivity (Wildman–Crippen MR) is 64.7 cm³/mol. The molecular formula is C13H10OS. The van der Waals surface area contributed by atoms with Gasteiger partial charge in [0.25, 0.3) is 0 Å². The SMILES string of the molecule is O=C=C1C=CCC(=S)C1c1ccccc1. The van der Waals surface area contributed by atoms with Gasteiger partial charge in [-0.05, 0) is 12.0 Å². The summed E-state index contributed by atoms with van der Waals surface area (Å²) in [6, 6.07) is 9.85. The Morgan fingerprint density at radius 1 is 1.27 bits per heavy atom. The van der Waals surface area contributed by atoms with E-state index in [2.05, 4.69) is 0 Å². The lowest BCUT2D eigenvalue weighted by Crippen LogP contribution is -2.15. The van der Waals surface area contributed by atoms with Gasteiger partial charge >= 0.3 is 0 Å². The summed E-state index contributed by atoms with van der Waals surface area (Å²) < 4.78 is 0. The number of allylic oxidation sites excluding steroid dienone is 3. The molecule has 0 amide bonds. The monoisotopic (exact) mass is 214 g/mol. The van der Waals surface area contributed by atoms with Gasteiger partial charge in [0.15, 0.2) is 0 Å². The van der Waals surface area contributed by atoms with Gasteiger partial charge in [0.2, 0.25) is 0 Å². The second-order valence-electron chi connectivity index (χ2n) is 3.47.